The molecule has 0 aliphatic rings. The van der Waals surface area contributed by atoms with Crippen molar-refractivity contribution in [2.45, 2.75) is 27.7 Å². The zero-order chi connectivity index (χ0) is 21.8. The Morgan fingerprint density at radius 1 is 0.419 bits per heavy atom. The Kier molecular flexibility index (Phi) is 7.02. The van der Waals surface area contributed by atoms with Gasteiger partial charge in [0.2, 0.25) is 0 Å². The predicted octanol–water partition coefficient (Wildman–Crippen LogP) is 6.44. The molecule has 0 spiro atoms. The third-order valence-corrected chi connectivity index (χ3v) is 11.5. The second kappa shape index (κ2) is 9.91. The van der Waals surface area contributed by atoms with Gasteiger partial charge in [0, 0.05) is 5.90 Å². The van der Waals surface area contributed by atoms with Gasteiger partial charge in [-0.1, -0.05) is 119 Å². The van der Waals surface area contributed by atoms with Crippen LogP contribution in [0.4, 0.5) is 0 Å². The largest absolute Gasteiger partial charge is 0.0614 e. The van der Waals surface area contributed by atoms with E-state index < -0.39 is 15.8 Å². The molecule has 0 aliphatic heterocycles. The summed E-state index contributed by atoms with van der Waals surface area (Å²) in [5.74, 6) is 1.17. The van der Waals surface area contributed by atoms with E-state index in [-0.39, 0.29) is 0 Å². The fraction of sp³-hybridized carbons (Fsp3) is 0.172. The highest BCUT2D eigenvalue weighted by atomic mass is 31.2. The molecule has 0 radical (unpaired) electrons. The van der Waals surface area contributed by atoms with E-state index in [9.17, 15) is 0 Å². The lowest BCUT2D eigenvalue weighted by atomic mass is 10.2. The molecule has 4 aromatic carbocycles. The minimum Gasteiger partial charge on any atom is -0.0614 e. The predicted molar refractivity (Wildman–Crippen MR) is 142 cm³/mol. The van der Waals surface area contributed by atoms with Gasteiger partial charge < -0.3 is 0 Å². The van der Waals surface area contributed by atoms with Gasteiger partial charge in [-0.3, -0.25) is 0 Å². The summed E-state index contributed by atoms with van der Waals surface area (Å²) in [7, 11) is -0.909. The molecule has 0 aromatic heterocycles. The highest BCUT2D eigenvalue weighted by Gasteiger charge is 2.22. The minimum absolute atomic E-state index is 0.455. The van der Waals surface area contributed by atoms with Gasteiger partial charge in [-0.05, 0) is 64.8 Å². The van der Waals surface area contributed by atoms with Crippen molar-refractivity contribution in [2.75, 3.05) is 5.90 Å². The fourth-order valence-corrected chi connectivity index (χ4v) is 10.4. The highest BCUT2D eigenvalue weighted by molar-refractivity contribution is 7.88. The molecule has 2 unspecified atom stereocenters. The van der Waals surface area contributed by atoms with Gasteiger partial charge in [0.15, 0.2) is 0 Å². The average molecular weight is 441 g/mol. The normalized spacial score (nSPS) is 13.0. The molecule has 0 nitrogen and oxygen atoms in total. The molecular formula is C29H30P2. The second-order valence-corrected chi connectivity index (χ2v) is 13.3. The molecular weight excluding hydrogens is 410 g/mol. The molecule has 0 fully saturated rings. The molecule has 0 aliphatic carbocycles. The Balaban J connectivity index is 1.81. The summed E-state index contributed by atoms with van der Waals surface area (Å²) < 4.78 is 0. The molecule has 0 amide bonds. The van der Waals surface area contributed by atoms with Crippen LogP contribution < -0.4 is 21.2 Å². The number of rotatable bonds is 6. The maximum absolute atomic E-state index is 2.39. The Labute approximate surface area is 189 Å². The maximum atomic E-state index is 2.39. The van der Waals surface area contributed by atoms with Crippen molar-refractivity contribution in [2.24, 2.45) is 0 Å². The molecule has 0 saturated carbocycles. The summed E-state index contributed by atoms with van der Waals surface area (Å²) in [6, 6.07) is 36.7. The van der Waals surface area contributed by atoms with Crippen LogP contribution >= 0.6 is 15.8 Å². The van der Waals surface area contributed by atoms with Gasteiger partial charge in [-0.25, -0.2) is 0 Å². The van der Waals surface area contributed by atoms with Crippen molar-refractivity contribution in [3.63, 3.8) is 0 Å². The van der Waals surface area contributed by atoms with Crippen LogP contribution in [0, 0.1) is 27.7 Å². The summed E-state index contributed by atoms with van der Waals surface area (Å²) in [6.45, 7) is 8.75. The second-order valence-electron chi connectivity index (χ2n) is 8.35. The fourth-order valence-electron chi connectivity index (χ4n) is 3.81. The Morgan fingerprint density at radius 3 is 1.16 bits per heavy atom. The first-order chi connectivity index (χ1) is 15.0. The summed E-state index contributed by atoms with van der Waals surface area (Å²) in [4.78, 5) is 0. The topological polar surface area (TPSA) is 0 Å². The summed E-state index contributed by atoms with van der Waals surface area (Å²) in [5, 5.41) is 5.90. The smallest absolute Gasteiger partial charge is 0.00405 e. The quantitative estimate of drug-likeness (QED) is 0.303. The van der Waals surface area contributed by atoms with Gasteiger partial charge in [0.05, 0.1) is 0 Å². The molecule has 2 heteroatoms. The molecule has 0 saturated heterocycles. The van der Waals surface area contributed by atoms with Crippen molar-refractivity contribution in [3.05, 3.63) is 119 Å². The lowest BCUT2D eigenvalue weighted by molar-refractivity contribution is 1.48. The third-order valence-electron chi connectivity index (χ3n) is 5.60. The lowest BCUT2D eigenvalue weighted by Gasteiger charge is -2.27. The zero-order valence-corrected chi connectivity index (χ0v) is 20.6. The van der Waals surface area contributed by atoms with Gasteiger partial charge in [-0.2, -0.15) is 0 Å². The number of benzene rings is 4. The Morgan fingerprint density at radius 2 is 0.806 bits per heavy atom. The van der Waals surface area contributed by atoms with Crippen LogP contribution in [0.15, 0.2) is 97.1 Å². The van der Waals surface area contributed by atoms with Crippen molar-refractivity contribution >= 4 is 37.1 Å². The van der Waals surface area contributed by atoms with Gasteiger partial charge in [0.1, 0.15) is 0 Å². The van der Waals surface area contributed by atoms with E-state index in [2.05, 4.69) is 125 Å². The summed E-state index contributed by atoms with van der Waals surface area (Å²) >= 11 is 0. The number of hydrogen-bond donors (Lipinski definition) is 0. The Hall–Kier alpha value is -2.26. The average Bonchev–Trinajstić information content (AvgIpc) is 2.76. The molecule has 2 atom stereocenters. The number of hydrogen-bond acceptors (Lipinski definition) is 0. The van der Waals surface area contributed by atoms with Crippen molar-refractivity contribution in [1.82, 2.24) is 0 Å². The molecule has 4 rings (SSSR count). The van der Waals surface area contributed by atoms with Crippen molar-refractivity contribution in [3.8, 4) is 0 Å². The summed E-state index contributed by atoms with van der Waals surface area (Å²) in [5.41, 5.74) is 5.32. The van der Waals surface area contributed by atoms with Crippen molar-refractivity contribution in [1.29, 1.82) is 0 Å². The third kappa shape index (κ3) is 5.51. The van der Waals surface area contributed by atoms with Crippen LogP contribution in [-0.2, 0) is 0 Å². The van der Waals surface area contributed by atoms with Crippen LogP contribution in [0.5, 0.6) is 0 Å². The SMILES string of the molecule is Cc1ccc(P(CP(c2ccc(C)cc2)c2cccc(C)c2)c2cccc(C)c2)cc1. The van der Waals surface area contributed by atoms with Crippen molar-refractivity contribution < 1.29 is 0 Å². The van der Waals surface area contributed by atoms with Crippen LogP contribution in [0.3, 0.4) is 0 Å². The van der Waals surface area contributed by atoms with Crippen LogP contribution in [0.1, 0.15) is 22.3 Å². The summed E-state index contributed by atoms with van der Waals surface area (Å²) in [6.07, 6.45) is 0. The minimum atomic E-state index is -0.455. The molecule has 4 aromatic rings. The van der Waals surface area contributed by atoms with Crippen LogP contribution in [-0.4, -0.2) is 5.90 Å². The zero-order valence-electron chi connectivity index (χ0n) is 18.8. The lowest BCUT2D eigenvalue weighted by Crippen LogP contribution is -2.20. The number of aryl methyl sites for hydroxylation is 4. The Bertz CT molecular complexity index is 1050. The molecule has 156 valence electrons. The van der Waals surface area contributed by atoms with E-state index in [4.69, 9.17) is 0 Å². The highest BCUT2D eigenvalue weighted by Crippen LogP contribution is 2.48. The first-order valence-corrected chi connectivity index (χ1v) is 13.9. The van der Waals surface area contributed by atoms with Gasteiger partial charge >= 0.3 is 0 Å². The molecule has 0 N–H and O–H groups in total. The van der Waals surface area contributed by atoms with Crippen LogP contribution in [0.25, 0.3) is 0 Å². The van der Waals surface area contributed by atoms with E-state index in [1.54, 1.807) is 0 Å². The monoisotopic (exact) mass is 440 g/mol. The maximum Gasteiger partial charge on any atom is 0.00405 e. The van der Waals surface area contributed by atoms with E-state index in [1.807, 2.05) is 0 Å². The molecule has 31 heavy (non-hydrogen) atoms. The first kappa shape index (κ1) is 22.0. The van der Waals surface area contributed by atoms with E-state index in [0.717, 1.165) is 0 Å². The molecule has 0 heterocycles. The van der Waals surface area contributed by atoms with E-state index >= 15 is 0 Å². The standard InChI is InChI=1S/C29H30P2/c1-22-11-15-26(16-12-22)30(28-9-5-7-24(3)19-28)21-31(27-17-13-23(2)14-18-27)29-10-6-8-25(4)20-29/h5-20H,21H2,1-4H3. The van der Waals surface area contributed by atoms with Gasteiger partial charge in [-0.15, -0.1) is 0 Å². The van der Waals surface area contributed by atoms with E-state index in [0.29, 0.717) is 0 Å². The molecule has 0 bridgehead atoms. The van der Waals surface area contributed by atoms with Gasteiger partial charge in [0.25, 0.3) is 0 Å². The first-order valence-electron chi connectivity index (χ1n) is 10.8. The van der Waals surface area contributed by atoms with Crippen LogP contribution in [0.2, 0.25) is 0 Å². The van der Waals surface area contributed by atoms with E-state index in [1.165, 1.54) is 49.4 Å².